The fourth-order valence-corrected chi connectivity index (χ4v) is 3.89. The van der Waals surface area contributed by atoms with Gasteiger partial charge in [0.25, 0.3) is 5.91 Å². The average molecular weight is 415 g/mol. The molecule has 0 saturated carbocycles. The van der Waals surface area contributed by atoms with Crippen molar-refractivity contribution in [1.82, 2.24) is 10.6 Å². The minimum Gasteiger partial charge on any atom is -0.397 e. The first kappa shape index (κ1) is 20.5. The van der Waals surface area contributed by atoms with Gasteiger partial charge in [0.15, 0.2) is 0 Å². The number of nitrogens with two attached hydrogens (primary N) is 1. The monoisotopic (exact) mass is 414 g/mol. The number of anilines is 2. The second kappa shape index (κ2) is 8.92. The highest BCUT2D eigenvalue weighted by molar-refractivity contribution is 6.05. The Kier molecular flexibility index (Phi) is 5.89. The molecule has 1 aliphatic rings. The number of urea groups is 1. The van der Waals surface area contributed by atoms with Crippen LogP contribution in [-0.4, -0.2) is 11.9 Å². The molecule has 0 fully saturated rings. The molecule has 0 aliphatic heterocycles. The van der Waals surface area contributed by atoms with Gasteiger partial charge in [0, 0.05) is 12.1 Å². The molecule has 31 heavy (non-hydrogen) atoms. The van der Waals surface area contributed by atoms with E-state index in [-0.39, 0.29) is 18.0 Å². The number of aryl methyl sites for hydroxylation is 2. The fourth-order valence-electron chi connectivity index (χ4n) is 3.89. The topological polar surface area (TPSA) is 96.2 Å². The van der Waals surface area contributed by atoms with Crippen LogP contribution in [0, 0.1) is 6.92 Å². The van der Waals surface area contributed by atoms with Crippen LogP contribution in [0.3, 0.4) is 0 Å². The Bertz CT molecular complexity index is 1130. The van der Waals surface area contributed by atoms with Gasteiger partial charge in [-0.1, -0.05) is 42.5 Å². The van der Waals surface area contributed by atoms with E-state index in [0.717, 1.165) is 35.1 Å². The van der Waals surface area contributed by atoms with Crippen LogP contribution in [0.4, 0.5) is 16.2 Å². The van der Waals surface area contributed by atoms with Gasteiger partial charge in [-0.2, -0.15) is 0 Å². The first-order valence-corrected chi connectivity index (χ1v) is 10.4. The minimum atomic E-state index is -0.227. The van der Waals surface area contributed by atoms with E-state index in [1.54, 1.807) is 12.1 Å². The number of nitrogen functional groups attached to an aromatic ring is 1. The average Bonchev–Trinajstić information content (AvgIpc) is 3.16. The fraction of sp³-hybridized carbons (Fsp3) is 0.200. The quantitative estimate of drug-likeness (QED) is 0.468. The molecule has 4 rings (SSSR count). The Labute approximate surface area is 181 Å². The molecule has 0 bridgehead atoms. The van der Waals surface area contributed by atoms with Crippen molar-refractivity contribution in [3.05, 3.63) is 94.5 Å². The summed E-state index contributed by atoms with van der Waals surface area (Å²) in [5.41, 5.74) is 11.9. The number of benzene rings is 3. The van der Waals surface area contributed by atoms with E-state index < -0.39 is 0 Å². The molecule has 158 valence electrons. The van der Waals surface area contributed by atoms with Crippen molar-refractivity contribution in [2.45, 2.75) is 32.4 Å². The van der Waals surface area contributed by atoms with Crippen LogP contribution in [0.1, 0.15) is 45.1 Å². The molecule has 0 radical (unpaired) electrons. The van der Waals surface area contributed by atoms with Gasteiger partial charge >= 0.3 is 6.03 Å². The largest absolute Gasteiger partial charge is 0.397 e. The predicted molar refractivity (Wildman–Crippen MR) is 123 cm³/mol. The van der Waals surface area contributed by atoms with E-state index in [4.69, 9.17) is 5.73 Å². The lowest BCUT2D eigenvalue weighted by molar-refractivity contribution is 0.102. The molecule has 1 atom stereocenters. The second-order valence-corrected chi connectivity index (χ2v) is 7.80. The van der Waals surface area contributed by atoms with Crippen LogP contribution in [0.15, 0.2) is 66.7 Å². The summed E-state index contributed by atoms with van der Waals surface area (Å²) in [4.78, 5) is 25.2. The molecular weight excluding hydrogens is 388 g/mol. The molecule has 0 spiro atoms. The number of carbonyl (C=O) groups excluding carboxylic acids is 2. The van der Waals surface area contributed by atoms with Gasteiger partial charge in [-0.3, -0.25) is 4.79 Å². The number of rotatable bonds is 5. The smallest absolute Gasteiger partial charge is 0.315 e. The number of amides is 3. The lowest BCUT2D eigenvalue weighted by Crippen LogP contribution is -2.37. The van der Waals surface area contributed by atoms with E-state index in [1.807, 2.05) is 61.5 Å². The molecule has 3 amide bonds. The van der Waals surface area contributed by atoms with Crippen LogP contribution in [-0.2, 0) is 13.0 Å². The summed E-state index contributed by atoms with van der Waals surface area (Å²) >= 11 is 0. The number of carbonyl (C=O) groups is 2. The van der Waals surface area contributed by atoms with Gasteiger partial charge in [-0.05, 0) is 66.3 Å². The van der Waals surface area contributed by atoms with Crippen LogP contribution in [0.2, 0.25) is 0 Å². The Morgan fingerprint density at radius 3 is 2.61 bits per heavy atom. The maximum Gasteiger partial charge on any atom is 0.315 e. The number of fused-ring (bicyclic) bond motifs is 1. The van der Waals surface area contributed by atoms with Crippen molar-refractivity contribution >= 4 is 23.3 Å². The highest BCUT2D eigenvalue weighted by Gasteiger charge is 2.25. The van der Waals surface area contributed by atoms with Gasteiger partial charge in [-0.15, -0.1) is 0 Å². The Morgan fingerprint density at radius 1 is 1.03 bits per heavy atom. The molecule has 6 nitrogen and oxygen atoms in total. The van der Waals surface area contributed by atoms with E-state index in [0.29, 0.717) is 23.5 Å². The third-order valence-corrected chi connectivity index (χ3v) is 5.70. The molecule has 3 aromatic rings. The lowest BCUT2D eigenvalue weighted by Gasteiger charge is -2.16. The maximum atomic E-state index is 12.7. The molecule has 0 aromatic heterocycles. The van der Waals surface area contributed by atoms with Crippen LogP contribution >= 0.6 is 0 Å². The van der Waals surface area contributed by atoms with Crippen molar-refractivity contribution < 1.29 is 9.59 Å². The number of hydrogen-bond donors (Lipinski definition) is 4. The molecule has 5 N–H and O–H groups in total. The molecule has 3 aromatic carbocycles. The summed E-state index contributed by atoms with van der Waals surface area (Å²) in [6.45, 7) is 2.50. The summed E-state index contributed by atoms with van der Waals surface area (Å²) in [7, 11) is 0. The van der Waals surface area contributed by atoms with E-state index in [9.17, 15) is 9.59 Å². The third-order valence-electron chi connectivity index (χ3n) is 5.70. The Hall–Kier alpha value is -3.80. The SMILES string of the molecule is Cc1ccccc1CNC(=O)NC1CCc2ccc(C(=O)Nc3ccccc3N)cc21. The second-order valence-electron chi connectivity index (χ2n) is 7.80. The molecular formula is C25H26N4O2. The summed E-state index contributed by atoms with van der Waals surface area (Å²) in [5.74, 6) is -0.227. The summed E-state index contributed by atoms with van der Waals surface area (Å²) in [5, 5.41) is 8.83. The summed E-state index contributed by atoms with van der Waals surface area (Å²) < 4.78 is 0. The Morgan fingerprint density at radius 2 is 1.81 bits per heavy atom. The van der Waals surface area contributed by atoms with Crippen molar-refractivity contribution in [2.75, 3.05) is 11.1 Å². The molecule has 0 heterocycles. The van der Waals surface area contributed by atoms with E-state index >= 15 is 0 Å². The van der Waals surface area contributed by atoms with Gasteiger partial charge in [0.1, 0.15) is 0 Å². The van der Waals surface area contributed by atoms with Crippen LogP contribution < -0.4 is 21.7 Å². The molecule has 6 heteroatoms. The molecule has 0 saturated heterocycles. The first-order valence-electron chi connectivity index (χ1n) is 10.4. The number of hydrogen-bond acceptors (Lipinski definition) is 3. The summed E-state index contributed by atoms with van der Waals surface area (Å²) in [6, 6.07) is 20.4. The van der Waals surface area contributed by atoms with E-state index in [1.165, 1.54) is 0 Å². The Balaban J connectivity index is 1.42. The van der Waals surface area contributed by atoms with Gasteiger partial charge < -0.3 is 21.7 Å². The van der Waals surface area contributed by atoms with Crippen LogP contribution in [0.5, 0.6) is 0 Å². The normalized spacial score (nSPS) is 14.5. The zero-order valence-electron chi connectivity index (χ0n) is 17.4. The number of nitrogens with one attached hydrogen (secondary N) is 3. The van der Waals surface area contributed by atoms with Gasteiger partial charge in [0.05, 0.1) is 17.4 Å². The lowest BCUT2D eigenvalue weighted by atomic mass is 10.0. The first-order chi connectivity index (χ1) is 15.0. The maximum absolute atomic E-state index is 12.7. The highest BCUT2D eigenvalue weighted by atomic mass is 16.2. The van der Waals surface area contributed by atoms with Crippen molar-refractivity contribution in [3.8, 4) is 0 Å². The predicted octanol–water partition coefficient (Wildman–Crippen LogP) is 4.32. The van der Waals surface area contributed by atoms with Gasteiger partial charge in [-0.25, -0.2) is 4.79 Å². The van der Waals surface area contributed by atoms with Crippen molar-refractivity contribution in [2.24, 2.45) is 0 Å². The number of para-hydroxylation sites is 2. The molecule has 1 unspecified atom stereocenters. The van der Waals surface area contributed by atoms with Crippen LogP contribution in [0.25, 0.3) is 0 Å². The van der Waals surface area contributed by atoms with E-state index in [2.05, 4.69) is 16.0 Å². The third kappa shape index (κ3) is 4.69. The molecule has 1 aliphatic carbocycles. The summed E-state index contributed by atoms with van der Waals surface area (Å²) in [6.07, 6.45) is 1.68. The minimum absolute atomic E-state index is 0.124. The van der Waals surface area contributed by atoms with Gasteiger partial charge in [0.2, 0.25) is 0 Å². The zero-order valence-corrected chi connectivity index (χ0v) is 17.4. The standard InChI is InChI=1S/C25H26N4O2/c1-16-6-2-3-7-19(16)15-27-25(31)29-22-13-12-17-10-11-18(14-20(17)22)24(30)28-23-9-5-4-8-21(23)26/h2-11,14,22H,12-13,15,26H2,1H3,(H,28,30)(H2,27,29,31). The highest BCUT2D eigenvalue weighted by Crippen LogP contribution is 2.32. The van der Waals surface area contributed by atoms with Crippen molar-refractivity contribution in [3.63, 3.8) is 0 Å². The van der Waals surface area contributed by atoms with Crippen molar-refractivity contribution in [1.29, 1.82) is 0 Å². The zero-order chi connectivity index (χ0) is 21.8.